The van der Waals surface area contributed by atoms with Crippen LogP contribution >= 0.6 is 11.6 Å². The fourth-order valence-corrected chi connectivity index (χ4v) is 4.73. The Morgan fingerprint density at radius 1 is 0.941 bits per heavy atom. The Balaban J connectivity index is 1.69. The third kappa shape index (κ3) is 3.82. The van der Waals surface area contributed by atoms with E-state index < -0.39 is 6.04 Å². The van der Waals surface area contributed by atoms with Crippen molar-refractivity contribution < 1.29 is 9.21 Å². The normalized spacial score (nSPS) is 15.7. The van der Waals surface area contributed by atoms with Crippen LogP contribution < -0.4 is 5.43 Å². The fraction of sp³-hybridized carbons (Fsp3) is 0.241. The molecule has 2 heterocycles. The molecule has 0 fully saturated rings. The minimum atomic E-state index is -0.544. The van der Waals surface area contributed by atoms with Gasteiger partial charge >= 0.3 is 0 Å². The first-order valence-electron chi connectivity index (χ1n) is 11.4. The van der Waals surface area contributed by atoms with E-state index in [-0.39, 0.29) is 22.5 Å². The lowest BCUT2D eigenvalue weighted by Crippen LogP contribution is -2.29. The van der Waals surface area contributed by atoms with E-state index in [1.165, 1.54) is 5.56 Å². The van der Waals surface area contributed by atoms with Crippen LogP contribution in [0.25, 0.3) is 11.0 Å². The smallest absolute Gasteiger partial charge is 0.291 e. The number of carbonyl (C=O) groups excluding carboxylic acids is 1. The van der Waals surface area contributed by atoms with E-state index in [0.717, 1.165) is 16.7 Å². The number of amides is 1. The summed E-state index contributed by atoms with van der Waals surface area (Å²) in [5.41, 5.74) is 4.70. The first kappa shape index (κ1) is 22.4. The Hall–Kier alpha value is -3.37. The maximum absolute atomic E-state index is 13.7. The summed E-state index contributed by atoms with van der Waals surface area (Å²) in [6, 6.07) is 20.6. The molecule has 1 atom stereocenters. The van der Waals surface area contributed by atoms with Crippen molar-refractivity contribution in [3.05, 3.63) is 116 Å². The Morgan fingerprint density at radius 2 is 1.62 bits per heavy atom. The Labute approximate surface area is 203 Å². The monoisotopic (exact) mass is 471 g/mol. The largest absolute Gasteiger partial charge is 0.450 e. The van der Waals surface area contributed by atoms with Gasteiger partial charge in [-0.1, -0.05) is 86.5 Å². The number of rotatable bonds is 3. The van der Waals surface area contributed by atoms with Crippen LogP contribution in [0.15, 0.2) is 75.9 Å². The van der Waals surface area contributed by atoms with Gasteiger partial charge in [-0.25, -0.2) is 0 Å². The van der Waals surface area contributed by atoms with Crippen molar-refractivity contribution in [1.29, 1.82) is 0 Å². The van der Waals surface area contributed by atoms with Gasteiger partial charge in [-0.3, -0.25) is 9.59 Å². The molecular weight excluding hydrogens is 446 g/mol. The summed E-state index contributed by atoms with van der Waals surface area (Å²) in [5.74, 6) is -0.175. The lowest BCUT2D eigenvalue weighted by Gasteiger charge is -2.26. The summed E-state index contributed by atoms with van der Waals surface area (Å²) in [4.78, 5) is 29.0. The van der Waals surface area contributed by atoms with Gasteiger partial charge in [0.05, 0.1) is 17.0 Å². The molecule has 0 spiro atoms. The van der Waals surface area contributed by atoms with E-state index in [0.29, 0.717) is 28.1 Å². The molecule has 0 saturated heterocycles. The molecule has 1 amide bonds. The molecule has 1 unspecified atom stereocenters. The number of halogens is 1. The second kappa shape index (κ2) is 8.14. The van der Waals surface area contributed by atoms with Crippen LogP contribution in [0.1, 0.15) is 65.2 Å². The lowest BCUT2D eigenvalue weighted by molar-refractivity contribution is 0.0714. The Bertz CT molecular complexity index is 1460. The molecular formula is C29H26ClNO3. The van der Waals surface area contributed by atoms with Gasteiger partial charge in [-0.2, -0.15) is 0 Å². The van der Waals surface area contributed by atoms with Gasteiger partial charge in [-0.05, 0) is 47.2 Å². The van der Waals surface area contributed by atoms with Crippen molar-refractivity contribution in [2.24, 2.45) is 0 Å². The summed E-state index contributed by atoms with van der Waals surface area (Å²) in [6.45, 7) is 8.87. The van der Waals surface area contributed by atoms with Crippen LogP contribution in [-0.4, -0.2) is 10.8 Å². The molecule has 0 aliphatic carbocycles. The van der Waals surface area contributed by atoms with Crippen molar-refractivity contribution in [3.8, 4) is 0 Å². The van der Waals surface area contributed by atoms with Crippen LogP contribution in [0.4, 0.5) is 0 Å². The average Bonchev–Trinajstić information content (AvgIpc) is 3.07. The number of hydrogen-bond donors (Lipinski definition) is 0. The minimum Gasteiger partial charge on any atom is -0.450 e. The van der Waals surface area contributed by atoms with E-state index >= 15 is 0 Å². The number of fused-ring (bicyclic) bond motifs is 2. The molecule has 0 bridgehead atoms. The second-order valence-electron chi connectivity index (χ2n) is 10.0. The van der Waals surface area contributed by atoms with Crippen LogP contribution in [0.5, 0.6) is 0 Å². The average molecular weight is 472 g/mol. The highest BCUT2D eigenvalue weighted by atomic mass is 35.5. The van der Waals surface area contributed by atoms with Gasteiger partial charge in [0, 0.05) is 11.6 Å². The van der Waals surface area contributed by atoms with E-state index in [4.69, 9.17) is 16.0 Å². The molecule has 172 valence electrons. The van der Waals surface area contributed by atoms with E-state index in [1.54, 1.807) is 23.1 Å². The van der Waals surface area contributed by atoms with E-state index in [1.807, 2.05) is 43.3 Å². The molecule has 0 saturated carbocycles. The first-order chi connectivity index (χ1) is 16.1. The number of nitrogens with zero attached hydrogens (tertiary/aromatic N) is 1. The molecule has 5 rings (SSSR count). The zero-order chi connectivity index (χ0) is 24.2. The SMILES string of the molecule is Cc1ccc(CN2C(=O)c3oc4ccc(Cl)cc4c(=O)c3C2c2ccc(C(C)(C)C)cc2)cc1. The molecule has 0 radical (unpaired) electrons. The number of benzene rings is 3. The summed E-state index contributed by atoms with van der Waals surface area (Å²) in [7, 11) is 0. The molecule has 5 heteroatoms. The lowest BCUT2D eigenvalue weighted by atomic mass is 9.86. The topological polar surface area (TPSA) is 50.5 Å². The van der Waals surface area contributed by atoms with E-state index in [2.05, 4.69) is 32.9 Å². The Morgan fingerprint density at radius 3 is 2.26 bits per heavy atom. The first-order valence-corrected chi connectivity index (χ1v) is 11.7. The van der Waals surface area contributed by atoms with Crippen molar-refractivity contribution >= 4 is 28.5 Å². The molecule has 0 N–H and O–H groups in total. The zero-order valence-corrected chi connectivity index (χ0v) is 20.4. The third-order valence-electron chi connectivity index (χ3n) is 6.49. The van der Waals surface area contributed by atoms with Gasteiger partial charge in [0.25, 0.3) is 5.91 Å². The van der Waals surface area contributed by atoms with Gasteiger partial charge in [-0.15, -0.1) is 0 Å². The molecule has 4 aromatic rings. The van der Waals surface area contributed by atoms with Gasteiger partial charge in [0.1, 0.15) is 5.58 Å². The van der Waals surface area contributed by atoms with Crippen molar-refractivity contribution in [2.45, 2.75) is 45.7 Å². The van der Waals surface area contributed by atoms with Crippen molar-refractivity contribution in [3.63, 3.8) is 0 Å². The highest BCUT2D eigenvalue weighted by Gasteiger charge is 2.42. The van der Waals surface area contributed by atoms with Crippen LogP contribution in [-0.2, 0) is 12.0 Å². The second-order valence-corrected chi connectivity index (χ2v) is 10.4. The predicted octanol–water partition coefficient (Wildman–Crippen LogP) is 6.80. The quantitative estimate of drug-likeness (QED) is 0.330. The highest BCUT2D eigenvalue weighted by molar-refractivity contribution is 6.31. The number of hydrogen-bond acceptors (Lipinski definition) is 3. The molecule has 4 nitrogen and oxygen atoms in total. The van der Waals surface area contributed by atoms with Gasteiger partial charge in [0.15, 0.2) is 5.43 Å². The highest BCUT2D eigenvalue weighted by Crippen LogP contribution is 2.40. The number of carbonyl (C=O) groups is 1. The standard InChI is InChI=1S/C29H26ClNO3/c1-17-5-7-18(8-6-17)16-31-25(19-9-11-20(12-10-19)29(2,3)4)24-26(32)22-15-21(30)13-14-23(22)34-27(24)28(31)33/h5-15,25H,16H2,1-4H3. The third-order valence-corrected chi connectivity index (χ3v) is 6.73. The molecule has 1 aliphatic heterocycles. The van der Waals surface area contributed by atoms with E-state index in [9.17, 15) is 9.59 Å². The molecule has 3 aromatic carbocycles. The molecule has 1 aliphatic rings. The van der Waals surface area contributed by atoms with Crippen molar-refractivity contribution in [2.75, 3.05) is 0 Å². The van der Waals surface area contributed by atoms with Gasteiger partial charge < -0.3 is 9.32 Å². The minimum absolute atomic E-state index is 0.00447. The van der Waals surface area contributed by atoms with Crippen molar-refractivity contribution in [1.82, 2.24) is 4.90 Å². The fourth-order valence-electron chi connectivity index (χ4n) is 4.56. The maximum atomic E-state index is 13.7. The molecule has 1 aromatic heterocycles. The summed E-state index contributed by atoms with van der Waals surface area (Å²) < 4.78 is 6.02. The summed E-state index contributed by atoms with van der Waals surface area (Å²) in [6.07, 6.45) is 0. The van der Waals surface area contributed by atoms with Crippen LogP contribution in [0, 0.1) is 6.92 Å². The zero-order valence-electron chi connectivity index (χ0n) is 19.7. The summed E-state index contributed by atoms with van der Waals surface area (Å²) >= 11 is 6.17. The van der Waals surface area contributed by atoms with Gasteiger partial charge in [0.2, 0.25) is 5.76 Å². The molecule has 34 heavy (non-hydrogen) atoms. The summed E-state index contributed by atoms with van der Waals surface area (Å²) in [5, 5.41) is 0.833. The van der Waals surface area contributed by atoms with Crippen LogP contribution in [0.2, 0.25) is 5.02 Å². The Kier molecular flexibility index (Phi) is 5.37. The predicted molar refractivity (Wildman–Crippen MR) is 136 cm³/mol. The van der Waals surface area contributed by atoms with Crippen LogP contribution in [0.3, 0.4) is 0 Å². The number of aryl methyl sites for hydroxylation is 1. The maximum Gasteiger partial charge on any atom is 0.291 e.